The largest absolute Gasteiger partial charge is 0.417 e. The summed E-state index contributed by atoms with van der Waals surface area (Å²) in [5.74, 6) is 0. The molecule has 0 rings (SSSR count). The predicted octanol–water partition coefficient (Wildman–Crippen LogP) is 1.94. The molecule has 8 heavy (non-hydrogen) atoms. The van der Waals surface area contributed by atoms with E-state index in [1.165, 1.54) is 0 Å². The molecule has 0 radical (unpaired) electrons. The van der Waals surface area contributed by atoms with Crippen molar-refractivity contribution in [2.75, 3.05) is 0 Å². The summed E-state index contributed by atoms with van der Waals surface area (Å²) < 4.78 is 0. The lowest BCUT2D eigenvalue weighted by Crippen LogP contribution is -2.36. The van der Waals surface area contributed by atoms with Gasteiger partial charge in [-0.25, -0.2) is 0 Å². The van der Waals surface area contributed by atoms with Crippen molar-refractivity contribution in [3.63, 3.8) is 0 Å². The van der Waals surface area contributed by atoms with E-state index in [0.29, 0.717) is 0 Å². The molecule has 2 heteroatoms. The van der Waals surface area contributed by atoms with Crippen LogP contribution in [0.25, 0.3) is 0 Å². The van der Waals surface area contributed by atoms with E-state index in [-0.39, 0.29) is 0 Å². The number of nitrogens with one attached hydrogen (secondary N) is 1. The number of rotatable bonds is 2. The first-order valence-corrected chi connectivity index (χ1v) is 6.45. The highest BCUT2D eigenvalue weighted by Crippen LogP contribution is 1.92. The molecule has 0 unspecified atom stereocenters. The second kappa shape index (κ2) is 2.92. The van der Waals surface area contributed by atoms with Crippen LogP contribution in [0.5, 0.6) is 0 Å². The standard InChI is InChI=1S/C6H15NSi/c1-5-6-7-8(2,3)4/h5-7H,1-4H3/b6-5+. The van der Waals surface area contributed by atoms with E-state index in [2.05, 4.69) is 24.6 Å². The van der Waals surface area contributed by atoms with Crippen LogP contribution < -0.4 is 4.98 Å². The van der Waals surface area contributed by atoms with E-state index in [1.807, 2.05) is 19.2 Å². The summed E-state index contributed by atoms with van der Waals surface area (Å²) in [5.41, 5.74) is 0. The van der Waals surface area contributed by atoms with Gasteiger partial charge in [0.15, 0.2) is 0 Å². The van der Waals surface area contributed by atoms with Crippen LogP contribution in [0.3, 0.4) is 0 Å². The van der Waals surface area contributed by atoms with Crippen molar-refractivity contribution >= 4 is 8.24 Å². The minimum absolute atomic E-state index is 1.01. The molecule has 1 N–H and O–H groups in total. The summed E-state index contributed by atoms with van der Waals surface area (Å²) in [6.45, 7) is 8.83. The van der Waals surface area contributed by atoms with Gasteiger partial charge in [0.2, 0.25) is 0 Å². The maximum atomic E-state index is 3.33. The Kier molecular flexibility index (Phi) is 2.83. The Labute approximate surface area is 52.9 Å². The van der Waals surface area contributed by atoms with Gasteiger partial charge in [-0.3, -0.25) is 0 Å². The highest BCUT2D eigenvalue weighted by Gasteiger charge is 2.08. The third-order valence-corrected chi connectivity index (χ3v) is 1.72. The zero-order chi connectivity index (χ0) is 6.62. The van der Waals surface area contributed by atoms with Crippen LogP contribution in [0.1, 0.15) is 6.92 Å². The van der Waals surface area contributed by atoms with Gasteiger partial charge in [0.05, 0.1) is 0 Å². The summed E-state index contributed by atoms with van der Waals surface area (Å²) in [4.78, 5) is 3.33. The summed E-state index contributed by atoms with van der Waals surface area (Å²) in [5, 5.41) is 0. The Hall–Kier alpha value is -0.243. The normalized spacial score (nSPS) is 12.5. The number of hydrogen-bond donors (Lipinski definition) is 1. The van der Waals surface area contributed by atoms with Crippen molar-refractivity contribution in [3.05, 3.63) is 12.3 Å². The second-order valence-electron chi connectivity index (χ2n) is 2.89. The van der Waals surface area contributed by atoms with Crippen LogP contribution >= 0.6 is 0 Å². The number of hydrogen-bond acceptors (Lipinski definition) is 1. The molecule has 0 aliphatic rings. The fraction of sp³-hybridized carbons (Fsp3) is 0.667. The van der Waals surface area contributed by atoms with Crippen LogP contribution in [0.2, 0.25) is 19.6 Å². The molecule has 0 saturated carbocycles. The van der Waals surface area contributed by atoms with Crippen LogP contribution in [-0.2, 0) is 0 Å². The van der Waals surface area contributed by atoms with E-state index >= 15 is 0 Å². The summed E-state index contributed by atoms with van der Waals surface area (Å²) in [6, 6.07) is 0. The lowest BCUT2D eigenvalue weighted by atomic mass is 10.7. The first kappa shape index (κ1) is 7.76. The van der Waals surface area contributed by atoms with Gasteiger partial charge in [0, 0.05) is 0 Å². The average molecular weight is 129 g/mol. The van der Waals surface area contributed by atoms with E-state index in [0.717, 1.165) is 0 Å². The Morgan fingerprint density at radius 1 is 1.25 bits per heavy atom. The van der Waals surface area contributed by atoms with Crippen LogP contribution in [0.4, 0.5) is 0 Å². The van der Waals surface area contributed by atoms with Gasteiger partial charge in [-0.2, -0.15) is 0 Å². The van der Waals surface area contributed by atoms with Crippen molar-refractivity contribution in [2.45, 2.75) is 26.6 Å². The van der Waals surface area contributed by atoms with Gasteiger partial charge in [0.25, 0.3) is 0 Å². The summed E-state index contributed by atoms with van der Waals surface area (Å²) in [7, 11) is -1.01. The van der Waals surface area contributed by atoms with Gasteiger partial charge in [-0.15, -0.1) is 0 Å². The monoisotopic (exact) mass is 129 g/mol. The molecule has 1 nitrogen and oxygen atoms in total. The third-order valence-electron chi connectivity index (χ3n) is 0.683. The quantitative estimate of drug-likeness (QED) is 0.562. The summed E-state index contributed by atoms with van der Waals surface area (Å²) in [6.07, 6.45) is 4.05. The predicted molar refractivity (Wildman–Crippen MR) is 41.3 cm³/mol. The fourth-order valence-corrected chi connectivity index (χ4v) is 1.00. The molecule has 0 aromatic heterocycles. The highest BCUT2D eigenvalue weighted by atomic mass is 28.3. The van der Waals surface area contributed by atoms with Crippen LogP contribution in [0.15, 0.2) is 12.3 Å². The molecular formula is C6H15NSi. The van der Waals surface area contributed by atoms with E-state index in [4.69, 9.17) is 0 Å². The Morgan fingerprint density at radius 2 is 1.75 bits per heavy atom. The number of allylic oxidation sites excluding steroid dienone is 1. The molecule has 48 valence electrons. The first-order valence-electron chi connectivity index (χ1n) is 2.95. The second-order valence-corrected chi connectivity index (χ2v) is 7.68. The van der Waals surface area contributed by atoms with Crippen molar-refractivity contribution in [1.29, 1.82) is 0 Å². The molecule has 0 aromatic carbocycles. The third kappa shape index (κ3) is 5.76. The van der Waals surface area contributed by atoms with Crippen molar-refractivity contribution in [2.24, 2.45) is 0 Å². The molecule has 0 fully saturated rings. The maximum absolute atomic E-state index is 3.33. The van der Waals surface area contributed by atoms with Gasteiger partial charge in [0.1, 0.15) is 8.24 Å². The zero-order valence-electron chi connectivity index (χ0n) is 6.15. The molecule has 0 aliphatic carbocycles. The van der Waals surface area contributed by atoms with Crippen LogP contribution in [-0.4, -0.2) is 8.24 Å². The highest BCUT2D eigenvalue weighted by molar-refractivity contribution is 6.73. The van der Waals surface area contributed by atoms with Crippen molar-refractivity contribution in [3.8, 4) is 0 Å². The van der Waals surface area contributed by atoms with Crippen molar-refractivity contribution < 1.29 is 0 Å². The van der Waals surface area contributed by atoms with Gasteiger partial charge in [-0.05, 0) is 13.1 Å². The molecule has 0 bridgehead atoms. The molecule has 0 spiro atoms. The van der Waals surface area contributed by atoms with E-state index in [1.54, 1.807) is 0 Å². The fourth-order valence-electron chi connectivity index (χ4n) is 0.333. The molecule has 0 aromatic rings. The van der Waals surface area contributed by atoms with E-state index < -0.39 is 8.24 Å². The summed E-state index contributed by atoms with van der Waals surface area (Å²) >= 11 is 0. The lowest BCUT2D eigenvalue weighted by Gasteiger charge is -2.14. The molecule has 0 saturated heterocycles. The topological polar surface area (TPSA) is 12.0 Å². The Balaban J connectivity index is 3.39. The van der Waals surface area contributed by atoms with Crippen molar-refractivity contribution in [1.82, 2.24) is 4.98 Å². The SMILES string of the molecule is C/C=C/N[Si](C)(C)C. The molecule has 0 aliphatic heterocycles. The first-order chi connectivity index (χ1) is 3.56. The minimum Gasteiger partial charge on any atom is -0.417 e. The minimum atomic E-state index is -1.01. The lowest BCUT2D eigenvalue weighted by molar-refractivity contribution is 1.25. The molecule has 0 heterocycles. The zero-order valence-corrected chi connectivity index (χ0v) is 7.15. The molecule has 0 atom stereocenters. The Morgan fingerprint density at radius 3 is 1.88 bits per heavy atom. The van der Waals surface area contributed by atoms with Gasteiger partial charge >= 0.3 is 0 Å². The smallest absolute Gasteiger partial charge is 0.143 e. The molecule has 0 amide bonds. The maximum Gasteiger partial charge on any atom is 0.143 e. The van der Waals surface area contributed by atoms with Gasteiger partial charge in [-0.1, -0.05) is 25.7 Å². The van der Waals surface area contributed by atoms with Gasteiger partial charge < -0.3 is 4.98 Å². The van der Waals surface area contributed by atoms with Crippen LogP contribution in [0, 0.1) is 0 Å². The van der Waals surface area contributed by atoms with E-state index in [9.17, 15) is 0 Å². The average Bonchev–Trinajstić information content (AvgIpc) is 1.59. The molecular weight excluding hydrogens is 114 g/mol. The Bertz CT molecular complexity index is 81.0.